The fourth-order valence-corrected chi connectivity index (χ4v) is 3.11. The van der Waals surface area contributed by atoms with Gasteiger partial charge in [0.05, 0.1) is 17.8 Å². The molecule has 0 fully saturated rings. The largest absolute Gasteiger partial charge is 0.370 e. The van der Waals surface area contributed by atoms with Gasteiger partial charge in [0.2, 0.25) is 11.8 Å². The number of amides is 2. The van der Waals surface area contributed by atoms with Crippen LogP contribution in [0.1, 0.15) is 34.1 Å². The van der Waals surface area contributed by atoms with E-state index in [1.165, 1.54) is 25.6 Å². The molecule has 2 amide bonds. The summed E-state index contributed by atoms with van der Waals surface area (Å²) in [7, 11) is 0. The molecule has 0 saturated heterocycles. The maximum absolute atomic E-state index is 10.9. The fraction of sp³-hybridized carbons (Fsp3) is 0.765. The zero-order valence-electron chi connectivity index (χ0n) is 17.5. The van der Waals surface area contributed by atoms with Crippen LogP contribution in [0.3, 0.4) is 0 Å². The van der Waals surface area contributed by atoms with E-state index in [0.29, 0.717) is 35.6 Å². The van der Waals surface area contributed by atoms with Gasteiger partial charge in [-0.3, -0.25) is 29.8 Å². The molecule has 0 heterocycles. The number of nitrogens with one attached hydrogen (secondary N) is 2. The average molecular weight is 489 g/mol. The topological polar surface area (TPSA) is 144 Å². The molecule has 172 valence electrons. The standard InChI is InChI=1S/C7H14N2O2S2.C5H11NOS2.C5H11NO/c1-5(10)6(2-12)9-4-13-3-7(8)11;1-4(7)5(2-8)6-3-9;1-4(2)3-5(6)7/h6,9,12H,2-4H2,1H3,(H2,8,11);5-6,8-9H,2-3H2,1H3;4H,3H2,1-2H3,(H2,6,7)/t6-;5-;/m00./s1. The van der Waals surface area contributed by atoms with Gasteiger partial charge >= 0.3 is 0 Å². The van der Waals surface area contributed by atoms with Crippen LogP contribution in [-0.2, 0) is 19.2 Å². The molecule has 2 atom stereocenters. The van der Waals surface area contributed by atoms with Crippen molar-refractivity contribution in [2.45, 2.75) is 46.2 Å². The monoisotopic (exact) mass is 488 g/mol. The molecule has 0 bridgehead atoms. The van der Waals surface area contributed by atoms with E-state index >= 15 is 0 Å². The molecule has 0 aliphatic heterocycles. The third-order valence-corrected chi connectivity index (χ3v) is 4.74. The number of ketones is 2. The average Bonchev–Trinajstić information content (AvgIpc) is 2.58. The second kappa shape index (κ2) is 22.3. The zero-order chi connectivity index (χ0) is 23.4. The Bertz CT molecular complexity index is 482. The summed E-state index contributed by atoms with van der Waals surface area (Å²) in [6.07, 6.45) is 0.500. The van der Waals surface area contributed by atoms with Crippen molar-refractivity contribution in [1.29, 1.82) is 0 Å². The van der Waals surface area contributed by atoms with Crippen LogP contribution in [0, 0.1) is 5.92 Å². The number of thiol groups is 3. The first-order valence-electron chi connectivity index (χ1n) is 8.87. The van der Waals surface area contributed by atoms with Crippen molar-refractivity contribution in [3.05, 3.63) is 0 Å². The molecule has 0 aliphatic rings. The lowest BCUT2D eigenvalue weighted by atomic mass is 10.1. The van der Waals surface area contributed by atoms with E-state index in [2.05, 4.69) is 48.5 Å². The SMILES string of the molecule is CC(=O)[C@H](CS)NCS.CC(=O)[C@H](CS)NCSCC(N)=O.CC(C)CC(N)=O. The first-order chi connectivity index (χ1) is 13.4. The van der Waals surface area contributed by atoms with Crippen LogP contribution in [0.4, 0.5) is 0 Å². The van der Waals surface area contributed by atoms with Crippen molar-refractivity contribution in [3.8, 4) is 0 Å². The highest BCUT2D eigenvalue weighted by Crippen LogP contribution is 1.98. The Morgan fingerprint density at radius 1 is 0.862 bits per heavy atom. The maximum Gasteiger partial charge on any atom is 0.227 e. The van der Waals surface area contributed by atoms with Gasteiger partial charge in [0.15, 0.2) is 0 Å². The Morgan fingerprint density at radius 3 is 1.52 bits per heavy atom. The molecule has 0 radical (unpaired) electrons. The Morgan fingerprint density at radius 2 is 1.31 bits per heavy atom. The molecule has 0 aromatic rings. The molecule has 0 aromatic carbocycles. The van der Waals surface area contributed by atoms with Gasteiger partial charge in [0.1, 0.15) is 11.6 Å². The lowest BCUT2D eigenvalue weighted by Crippen LogP contribution is -2.37. The molecule has 29 heavy (non-hydrogen) atoms. The Hall–Kier alpha value is -0.400. The summed E-state index contributed by atoms with van der Waals surface area (Å²) in [4.78, 5) is 41.9. The van der Waals surface area contributed by atoms with Crippen LogP contribution in [-0.4, -0.2) is 64.5 Å². The smallest absolute Gasteiger partial charge is 0.227 e. The van der Waals surface area contributed by atoms with Crippen molar-refractivity contribution in [1.82, 2.24) is 10.6 Å². The Balaban J connectivity index is -0.000000370. The third-order valence-electron chi connectivity index (χ3n) is 2.97. The maximum atomic E-state index is 10.9. The number of primary amides is 2. The zero-order valence-corrected chi connectivity index (χ0v) is 21.0. The van der Waals surface area contributed by atoms with Gasteiger partial charge < -0.3 is 11.5 Å². The van der Waals surface area contributed by atoms with E-state index in [1.807, 2.05) is 13.8 Å². The molecule has 0 aliphatic carbocycles. The van der Waals surface area contributed by atoms with Gasteiger partial charge in [-0.05, 0) is 19.8 Å². The molecule has 8 nitrogen and oxygen atoms in total. The lowest BCUT2D eigenvalue weighted by molar-refractivity contribution is -0.119. The molecule has 0 unspecified atom stereocenters. The summed E-state index contributed by atoms with van der Waals surface area (Å²) < 4.78 is 0. The van der Waals surface area contributed by atoms with Gasteiger partial charge in [-0.25, -0.2) is 0 Å². The van der Waals surface area contributed by atoms with E-state index in [-0.39, 0.29) is 41.2 Å². The first kappa shape index (κ1) is 33.2. The predicted octanol–water partition coefficient (Wildman–Crippen LogP) is 0.508. The van der Waals surface area contributed by atoms with Crippen molar-refractivity contribution in [3.63, 3.8) is 0 Å². The minimum atomic E-state index is -0.350. The number of hydrogen-bond acceptors (Lipinski definition) is 10. The fourth-order valence-electron chi connectivity index (χ4n) is 1.50. The lowest BCUT2D eigenvalue weighted by Gasteiger charge is -2.11. The summed E-state index contributed by atoms with van der Waals surface area (Å²) in [5.74, 6) is 2.32. The van der Waals surface area contributed by atoms with E-state index in [1.54, 1.807) is 0 Å². The van der Waals surface area contributed by atoms with Crippen LogP contribution >= 0.6 is 49.6 Å². The summed E-state index contributed by atoms with van der Waals surface area (Å²) in [5.41, 5.74) is 9.79. The van der Waals surface area contributed by atoms with E-state index < -0.39 is 0 Å². The first-order valence-corrected chi connectivity index (χ1v) is 11.9. The molecule has 0 spiro atoms. The van der Waals surface area contributed by atoms with Gasteiger partial charge in [-0.15, -0.1) is 11.8 Å². The highest BCUT2D eigenvalue weighted by atomic mass is 32.2. The molecule has 12 heteroatoms. The second-order valence-electron chi connectivity index (χ2n) is 6.28. The normalized spacial score (nSPS) is 12.0. The van der Waals surface area contributed by atoms with E-state index in [0.717, 1.165) is 0 Å². The number of nitrogens with two attached hydrogens (primary N) is 2. The van der Waals surface area contributed by atoms with Crippen LogP contribution in [0.2, 0.25) is 0 Å². The Labute approximate surface area is 195 Å². The highest BCUT2D eigenvalue weighted by molar-refractivity contribution is 7.99. The van der Waals surface area contributed by atoms with Gasteiger partial charge in [-0.2, -0.15) is 37.9 Å². The number of carbonyl (C=O) groups excluding carboxylic acids is 4. The van der Waals surface area contributed by atoms with Crippen LogP contribution in [0.15, 0.2) is 0 Å². The quantitative estimate of drug-likeness (QED) is 0.114. The molecule has 0 rings (SSSR count). The minimum Gasteiger partial charge on any atom is -0.370 e. The molecular formula is C17H36N4O4S4. The van der Waals surface area contributed by atoms with Crippen molar-refractivity contribution >= 4 is 73.0 Å². The Kier molecular flexibility index (Phi) is 25.6. The van der Waals surface area contributed by atoms with Gasteiger partial charge in [-0.1, -0.05) is 13.8 Å². The van der Waals surface area contributed by atoms with E-state index in [4.69, 9.17) is 11.5 Å². The van der Waals surface area contributed by atoms with Gasteiger partial charge in [0.25, 0.3) is 0 Å². The molecule has 0 saturated carbocycles. The highest BCUT2D eigenvalue weighted by Gasteiger charge is 2.10. The van der Waals surface area contributed by atoms with Crippen LogP contribution < -0.4 is 22.1 Å². The molecule has 0 aromatic heterocycles. The van der Waals surface area contributed by atoms with Crippen molar-refractivity contribution < 1.29 is 19.2 Å². The van der Waals surface area contributed by atoms with Crippen molar-refractivity contribution in [2.75, 3.05) is 29.0 Å². The number of Topliss-reactive ketones (excluding diaryl/α,β-unsaturated/α-hetero) is 2. The number of hydrogen-bond donors (Lipinski definition) is 7. The summed E-state index contributed by atoms with van der Waals surface area (Å²) >= 11 is 13.2. The van der Waals surface area contributed by atoms with Crippen molar-refractivity contribution in [2.24, 2.45) is 17.4 Å². The van der Waals surface area contributed by atoms with Crippen LogP contribution in [0.25, 0.3) is 0 Å². The summed E-state index contributed by atoms with van der Waals surface area (Å²) in [6, 6.07) is -0.366. The minimum absolute atomic E-state index is 0.0506. The number of rotatable bonds is 13. The number of carbonyl (C=O) groups is 4. The van der Waals surface area contributed by atoms with Gasteiger partial charge in [0, 0.05) is 29.7 Å². The molecular weight excluding hydrogens is 452 g/mol. The second-order valence-corrected chi connectivity index (χ2v) is 8.31. The van der Waals surface area contributed by atoms with E-state index in [9.17, 15) is 19.2 Å². The van der Waals surface area contributed by atoms with Crippen LogP contribution in [0.5, 0.6) is 0 Å². The summed E-state index contributed by atoms with van der Waals surface area (Å²) in [5, 5.41) is 5.82. The predicted molar refractivity (Wildman–Crippen MR) is 132 cm³/mol. The third kappa shape index (κ3) is 27.6. The summed E-state index contributed by atoms with van der Waals surface area (Å²) in [6.45, 7) is 6.97. The molecule has 6 N–H and O–H groups in total. The number of thioether (sulfide) groups is 1.